The predicted octanol–water partition coefficient (Wildman–Crippen LogP) is 6.01. The average Bonchev–Trinajstić information content (AvgIpc) is 2.71. The number of carbonyl (C=O) groups excluding carboxylic acids is 2. The summed E-state index contributed by atoms with van der Waals surface area (Å²) in [4.78, 5) is 27.2. The smallest absolute Gasteiger partial charge is 0.261 e. The second-order valence-electron chi connectivity index (χ2n) is 7.11. The van der Waals surface area contributed by atoms with Crippen LogP contribution in [0.15, 0.2) is 36.4 Å². The lowest BCUT2D eigenvalue weighted by Crippen LogP contribution is -2.50. The third-order valence-corrected chi connectivity index (χ3v) is 5.89. The molecule has 0 aliphatic carbocycles. The van der Waals surface area contributed by atoms with E-state index in [9.17, 15) is 9.59 Å². The Kier molecular flexibility index (Phi) is 9.76. The minimum Gasteiger partial charge on any atom is -0.482 e. The molecule has 1 N–H and O–H groups in total. The zero-order valence-corrected chi connectivity index (χ0v) is 20.4. The molecule has 0 aliphatic rings. The molecule has 168 valence electrons. The molecule has 2 aromatic carbocycles. The highest BCUT2D eigenvalue weighted by molar-refractivity contribution is 6.35. The molecular weight excluding hydrogens is 482 g/mol. The monoisotopic (exact) mass is 504 g/mol. The Morgan fingerprint density at radius 1 is 1.00 bits per heavy atom. The van der Waals surface area contributed by atoms with Crippen molar-refractivity contribution in [1.29, 1.82) is 0 Å². The number of hydrogen-bond donors (Lipinski definition) is 1. The molecule has 0 bridgehead atoms. The quantitative estimate of drug-likeness (QED) is 0.453. The van der Waals surface area contributed by atoms with Crippen LogP contribution >= 0.6 is 46.4 Å². The van der Waals surface area contributed by atoms with Crippen LogP contribution < -0.4 is 10.1 Å². The van der Waals surface area contributed by atoms with Gasteiger partial charge >= 0.3 is 0 Å². The fourth-order valence-electron chi connectivity index (χ4n) is 2.70. The summed E-state index contributed by atoms with van der Waals surface area (Å²) in [7, 11) is 0. The van der Waals surface area contributed by atoms with Gasteiger partial charge in [0.25, 0.3) is 5.91 Å². The number of benzene rings is 2. The largest absolute Gasteiger partial charge is 0.482 e. The summed E-state index contributed by atoms with van der Waals surface area (Å²) in [6, 6.07) is 8.94. The van der Waals surface area contributed by atoms with E-state index in [4.69, 9.17) is 51.1 Å². The molecule has 0 saturated heterocycles. The lowest BCUT2D eigenvalue weighted by atomic mass is 10.1. The van der Waals surface area contributed by atoms with E-state index in [-0.39, 0.29) is 30.1 Å². The second kappa shape index (κ2) is 11.8. The van der Waals surface area contributed by atoms with Crippen molar-refractivity contribution in [2.75, 3.05) is 6.61 Å². The maximum absolute atomic E-state index is 13.1. The van der Waals surface area contributed by atoms with E-state index in [2.05, 4.69) is 5.32 Å². The van der Waals surface area contributed by atoms with Gasteiger partial charge in [-0.15, -0.1) is 0 Å². The lowest BCUT2D eigenvalue weighted by molar-refractivity contribution is -0.142. The van der Waals surface area contributed by atoms with E-state index >= 15 is 0 Å². The Balaban J connectivity index is 2.22. The predicted molar refractivity (Wildman–Crippen MR) is 126 cm³/mol. The number of nitrogens with zero attached hydrogens (tertiary/aromatic N) is 1. The first-order chi connectivity index (χ1) is 14.6. The van der Waals surface area contributed by atoms with Gasteiger partial charge in [0.1, 0.15) is 11.8 Å². The molecule has 2 amide bonds. The molecule has 0 unspecified atom stereocenters. The van der Waals surface area contributed by atoms with Gasteiger partial charge in [-0.25, -0.2) is 0 Å². The van der Waals surface area contributed by atoms with E-state index in [1.165, 1.54) is 11.0 Å². The summed E-state index contributed by atoms with van der Waals surface area (Å²) in [6.07, 6.45) is 0.771. The van der Waals surface area contributed by atoms with Crippen molar-refractivity contribution in [2.24, 2.45) is 0 Å². The molecule has 9 heteroatoms. The summed E-state index contributed by atoms with van der Waals surface area (Å²) in [5.41, 5.74) is 0.659. The van der Waals surface area contributed by atoms with Crippen LogP contribution in [0.5, 0.6) is 5.75 Å². The lowest BCUT2D eigenvalue weighted by Gasteiger charge is -2.30. The first-order valence-electron chi connectivity index (χ1n) is 9.74. The van der Waals surface area contributed by atoms with Crippen molar-refractivity contribution < 1.29 is 14.3 Å². The van der Waals surface area contributed by atoms with E-state index in [0.717, 1.165) is 6.42 Å². The number of amides is 2. The highest BCUT2D eigenvalue weighted by Gasteiger charge is 2.28. The van der Waals surface area contributed by atoms with Gasteiger partial charge in [0, 0.05) is 27.7 Å². The minimum atomic E-state index is -0.752. The third kappa shape index (κ3) is 7.46. The van der Waals surface area contributed by atoms with Crippen LogP contribution in [0.25, 0.3) is 0 Å². The van der Waals surface area contributed by atoms with Crippen LogP contribution in [0.3, 0.4) is 0 Å². The molecule has 0 saturated carbocycles. The van der Waals surface area contributed by atoms with Crippen LogP contribution in [0, 0.1) is 0 Å². The fraction of sp³-hybridized carbons (Fsp3) is 0.364. The van der Waals surface area contributed by atoms with Gasteiger partial charge in [0.05, 0.1) is 5.02 Å². The van der Waals surface area contributed by atoms with E-state index < -0.39 is 11.9 Å². The van der Waals surface area contributed by atoms with Crippen LogP contribution in [-0.4, -0.2) is 35.4 Å². The number of halogens is 4. The summed E-state index contributed by atoms with van der Waals surface area (Å²) < 4.78 is 5.59. The average molecular weight is 506 g/mol. The van der Waals surface area contributed by atoms with Gasteiger partial charge in [-0.2, -0.15) is 0 Å². The maximum atomic E-state index is 13.1. The van der Waals surface area contributed by atoms with Crippen molar-refractivity contribution in [3.8, 4) is 5.75 Å². The topological polar surface area (TPSA) is 58.6 Å². The third-order valence-electron chi connectivity index (χ3n) is 4.77. The molecule has 0 heterocycles. The molecular formula is C22H24Cl4N2O3. The van der Waals surface area contributed by atoms with E-state index in [1.807, 2.05) is 13.8 Å². The van der Waals surface area contributed by atoms with Crippen molar-refractivity contribution in [2.45, 2.75) is 45.8 Å². The molecule has 0 radical (unpaired) electrons. The molecule has 2 rings (SSSR count). The van der Waals surface area contributed by atoms with E-state index in [0.29, 0.717) is 26.4 Å². The first-order valence-corrected chi connectivity index (χ1v) is 11.2. The van der Waals surface area contributed by atoms with Gasteiger partial charge in [-0.05, 0) is 56.2 Å². The Morgan fingerprint density at radius 2 is 1.61 bits per heavy atom. The SMILES string of the molecule is CC[C@@H](C)NC(=O)[C@H](C)N(Cc1ccc(Cl)cc1Cl)C(=O)COc1ccc(Cl)cc1Cl. The second-order valence-corrected chi connectivity index (χ2v) is 8.80. The van der Waals surface area contributed by atoms with Crippen molar-refractivity contribution in [3.05, 3.63) is 62.1 Å². The summed E-state index contributed by atoms with van der Waals surface area (Å²) in [5, 5.41) is 4.53. The van der Waals surface area contributed by atoms with E-state index in [1.54, 1.807) is 37.3 Å². The molecule has 2 atom stereocenters. The molecule has 5 nitrogen and oxygen atoms in total. The number of nitrogens with one attached hydrogen (secondary N) is 1. The number of rotatable bonds is 9. The normalized spacial score (nSPS) is 12.7. The Bertz CT molecular complexity index is 939. The standard InChI is InChI=1S/C22H24Cl4N2O3/c1-4-13(2)27-22(30)14(3)28(11-15-5-6-16(23)9-18(15)25)21(29)12-31-20-8-7-17(24)10-19(20)26/h5-10,13-14H,4,11-12H2,1-3H3,(H,27,30)/t13-,14+/m1/s1. The number of carbonyl (C=O) groups is 2. The zero-order chi connectivity index (χ0) is 23.1. The zero-order valence-electron chi connectivity index (χ0n) is 17.4. The first kappa shape index (κ1) is 25.6. The van der Waals surface area contributed by atoms with Gasteiger partial charge < -0.3 is 15.0 Å². The van der Waals surface area contributed by atoms with Crippen LogP contribution in [-0.2, 0) is 16.1 Å². The summed E-state index contributed by atoms with van der Waals surface area (Å²) in [5.74, 6) is -0.346. The van der Waals surface area contributed by atoms with Crippen LogP contribution in [0.1, 0.15) is 32.8 Å². The van der Waals surface area contributed by atoms with Gasteiger partial charge in [-0.1, -0.05) is 59.4 Å². The van der Waals surface area contributed by atoms with Crippen molar-refractivity contribution in [3.63, 3.8) is 0 Å². The molecule has 0 spiro atoms. The van der Waals surface area contributed by atoms with Gasteiger partial charge in [-0.3, -0.25) is 9.59 Å². The highest BCUT2D eigenvalue weighted by atomic mass is 35.5. The van der Waals surface area contributed by atoms with Gasteiger partial charge in [0.15, 0.2) is 6.61 Å². The number of ether oxygens (including phenoxy) is 1. The van der Waals surface area contributed by atoms with Crippen LogP contribution in [0.4, 0.5) is 0 Å². The fourth-order valence-corrected chi connectivity index (χ4v) is 3.63. The Labute approximate surface area is 202 Å². The molecule has 31 heavy (non-hydrogen) atoms. The minimum absolute atomic E-state index is 0.0184. The van der Waals surface area contributed by atoms with Crippen molar-refractivity contribution in [1.82, 2.24) is 10.2 Å². The van der Waals surface area contributed by atoms with Crippen LogP contribution in [0.2, 0.25) is 20.1 Å². The number of hydrogen-bond acceptors (Lipinski definition) is 3. The maximum Gasteiger partial charge on any atom is 0.261 e. The molecule has 0 aromatic heterocycles. The molecule has 0 aliphatic heterocycles. The summed E-state index contributed by atoms with van der Waals surface area (Å²) in [6.45, 7) is 5.33. The van der Waals surface area contributed by atoms with Crippen molar-refractivity contribution >= 4 is 58.2 Å². The Hall–Kier alpha value is -1.66. The van der Waals surface area contributed by atoms with Gasteiger partial charge in [0.2, 0.25) is 5.91 Å². The molecule has 2 aromatic rings. The Morgan fingerprint density at radius 3 is 2.19 bits per heavy atom. The molecule has 0 fully saturated rings. The highest BCUT2D eigenvalue weighted by Crippen LogP contribution is 2.28. The summed E-state index contributed by atoms with van der Waals surface area (Å²) >= 11 is 24.3.